The normalized spacial score (nSPS) is 25.9. The summed E-state index contributed by atoms with van der Waals surface area (Å²) in [6.07, 6.45) is 0.553. The number of rotatable bonds is 1. The molecule has 2 aliphatic heterocycles. The van der Waals surface area contributed by atoms with E-state index in [0.29, 0.717) is 19.5 Å². The maximum atomic E-state index is 13.3. The molecule has 0 atom stereocenters. The monoisotopic (exact) mass is 260 g/mol. The zero-order valence-electron chi connectivity index (χ0n) is 11.4. The number of likely N-dealkylation sites (tertiary alicyclic amines) is 2. The fraction of sp³-hybridized carbons (Fsp3) is 0.923. The van der Waals surface area contributed by atoms with E-state index in [1.54, 1.807) is 4.90 Å². The van der Waals surface area contributed by atoms with E-state index in [1.807, 2.05) is 25.7 Å². The van der Waals surface area contributed by atoms with Crippen LogP contribution < -0.4 is 0 Å². The van der Waals surface area contributed by atoms with Crippen molar-refractivity contribution in [3.05, 3.63) is 0 Å². The summed E-state index contributed by atoms with van der Waals surface area (Å²) in [5.74, 6) is -2.44. The maximum Gasteiger partial charge on any atom is 0.260 e. The number of carbonyl (C=O) groups excluding carboxylic acids is 1. The van der Waals surface area contributed by atoms with Gasteiger partial charge in [-0.25, -0.2) is 8.78 Å². The van der Waals surface area contributed by atoms with Gasteiger partial charge in [0.25, 0.3) is 5.92 Å². The second-order valence-electron chi connectivity index (χ2n) is 6.54. The Kier molecular flexibility index (Phi) is 3.38. The van der Waals surface area contributed by atoms with E-state index in [4.69, 9.17) is 0 Å². The highest BCUT2D eigenvalue weighted by atomic mass is 19.3. The smallest absolute Gasteiger partial charge is 0.260 e. The van der Waals surface area contributed by atoms with Gasteiger partial charge in [0.05, 0.1) is 6.54 Å². The largest absolute Gasteiger partial charge is 0.339 e. The van der Waals surface area contributed by atoms with Crippen molar-refractivity contribution in [1.29, 1.82) is 0 Å². The number of halogens is 2. The zero-order valence-corrected chi connectivity index (χ0v) is 11.4. The lowest BCUT2D eigenvalue weighted by molar-refractivity contribution is -0.150. The molecule has 2 rings (SSSR count). The van der Waals surface area contributed by atoms with Gasteiger partial charge in [0.1, 0.15) is 0 Å². The summed E-state index contributed by atoms with van der Waals surface area (Å²) in [6.45, 7) is 7.46. The first-order valence-corrected chi connectivity index (χ1v) is 6.60. The molecule has 1 amide bonds. The van der Waals surface area contributed by atoms with Crippen molar-refractivity contribution in [2.24, 2.45) is 5.41 Å². The van der Waals surface area contributed by atoms with E-state index in [9.17, 15) is 13.6 Å². The molecule has 2 aliphatic rings. The molecule has 0 aromatic rings. The Labute approximate surface area is 107 Å². The van der Waals surface area contributed by atoms with E-state index in [0.717, 1.165) is 6.54 Å². The molecular weight excluding hydrogens is 238 g/mol. The molecule has 2 heterocycles. The fourth-order valence-corrected chi connectivity index (χ4v) is 2.63. The molecule has 2 fully saturated rings. The van der Waals surface area contributed by atoms with Crippen molar-refractivity contribution in [3.63, 3.8) is 0 Å². The summed E-state index contributed by atoms with van der Waals surface area (Å²) in [6, 6.07) is 0.127. The van der Waals surface area contributed by atoms with Gasteiger partial charge >= 0.3 is 0 Å². The predicted molar refractivity (Wildman–Crippen MR) is 65.6 cm³/mol. The summed E-state index contributed by atoms with van der Waals surface area (Å²) in [7, 11) is 0. The molecule has 0 radical (unpaired) electrons. The van der Waals surface area contributed by atoms with Crippen LogP contribution in [0.2, 0.25) is 0 Å². The number of amides is 1. The van der Waals surface area contributed by atoms with Crippen LogP contribution in [0.3, 0.4) is 0 Å². The minimum atomic E-state index is -2.55. The van der Waals surface area contributed by atoms with Crippen LogP contribution in [0, 0.1) is 5.41 Å². The van der Waals surface area contributed by atoms with Crippen molar-refractivity contribution in [3.8, 4) is 0 Å². The Morgan fingerprint density at radius 2 is 1.89 bits per heavy atom. The summed E-state index contributed by atoms with van der Waals surface area (Å²) in [4.78, 5) is 15.6. The highest BCUT2D eigenvalue weighted by molar-refractivity contribution is 5.82. The van der Waals surface area contributed by atoms with Gasteiger partial charge in [-0.2, -0.15) is 0 Å². The Balaban J connectivity index is 1.84. The third-order valence-corrected chi connectivity index (χ3v) is 3.73. The van der Waals surface area contributed by atoms with Gasteiger partial charge in [-0.1, -0.05) is 20.8 Å². The van der Waals surface area contributed by atoms with Gasteiger partial charge in [-0.05, 0) is 13.0 Å². The summed E-state index contributed by atoms with van der Waals surface area (Å²) < 4.78 is 26.6. The standard InChI is InChI=1S/C13H22F2N2O/c1-12(2,3)11(18)17-7-10(8-17)16-6-4-5-13(14,15)9-16/h10H,4-9H2,1-3H3. The first kappa shape index (κ1) is 13.7. The van der Waals surface area contributed by atoms with Crippen LogP contribution >= 0.6 is 0 Å². The lowest BCUT2D eigenvalue weighted by Gasteiger charge is -2.49. The average Bonchev–Trinajstić information content (AvgIpc) is 2.11. The molecule has 0 spiro atoms. The lowest BCUT2D eigenvalue weighted by atomic mass is 9.91. The molecule has 0 aliphatic carbocycles. The average molecular weight is 260 g/mol. The molecule has 18 heavy (non-hydrogen) atoms. The third-order valence-electron chi connectivity index (χ3n) is 3.73. The molecule has 2 saturated heterocycles. The quantitative estimate of drug-likeness (QED) is 0.719. The van der Waals surface area contributed by atoms with Crippen LogP contribution in [0.1, 0.15) is 33.6 Å². The van der Waals surface area contributed by atoms with Crippen molar-refractivity contribution in [2.45, 2.75) is 45.6 Å². The third kappa shape index (κ3) is 2.82. The highest BCUT2D eigenvalue weighted by Crippen LogP contribution is 2.31. The SMILES string of the molecule is CC(C)(C)C(=O)N1CC(N2CCCC(F)(F)C2)C1. The number of carbonyl (C=O) groups is 1. The maximum absolute atomic E-state index is 13.3. The first-order chi connectivity index (χ1) is 8.19. The van der Waals surface area contributed by atoms with Gasteiger partial charge in [0.15, 0.2) is 0 Å². The summed E-state index contributed by atoms with van der Waals surface area (Å²) >= 11 is 0. The number of alkyl halides is 2. The minimum absolute atomic E-state index is 0.000849. The molecule has 0 unspecified atom stereocenters. The number of piperidine rings is 1. The van der Waals surface area contributed by atoms with Crippen LogP contribution in [-0.2, 0) is 4.79 Å². The Morgan fingerprint density at radius 1 is 1.28 bits per heavy atom. The molecule has 0 aromatic heterocycles. The first-order valence-electron chi connectivity index (χ1n) is 6.60. The zero-order chi connectivity index (χ0) is 13.6. The van der Waals surface area contributed by atoms with Crippen LogP contribution in [0.5, 0.6) is 0 Å². The number of nitrogens with zero attached hydrogens (tertiary/aromatic N) is 2. The molecule has 104 valence electrons. The van der Waals surface area contributed by atoms with E-state index in [2.05, 4.69) is 0 Å². The molecular formula is C13H22F2N2O. The van der Waals surface area contributed by atoms with Crippen molar-refractivity contribution < 1.29 is 13.6 Å². The van der Waals surface area contributed by atoms with Gasteiger partial charge < -0.3 is 4.90 Å². The fourth-order valence-electron chi connectivity index (χ4n) is 2.63. The Morgan fingerprint density at radius 3 is 2.39 bits per heavy atom. The molecule has 3 nitrogen and oxygen atoms in total. The second kappa shape index (κ2) is 4.44. The van der Waals surface area contributed by atoms with E-state index in [1.165, 1.54) is 0 Å². The van der Waals surface area contributed by atoms with Gasteiger partial charge in [-0.15, -0.1) is 0 Å². The summed E-state index contributed by atoms with van der Waals surface area (Å²) in [5.41, 5.74) is -0.378. The summed E-state index contributed by atoms with van der Waals surface area (Å²) in [5, 5.41) is 0. The van der Waals surface area contributed by atoms with Gasteiger partial charge in [0, 0.05) is 31.0 Å². The molecule has 0 N–H and O–H groups in total. The molecule has 0 saturated carbocycles. The lowest BCUT2D eigenvalue weighted by Crippen LogP contribution is -2.65. The van der Waals surface area contributed by atoms with Crippen molar-refractivity contribution in [2.75, 3.05) is 26.2 Å². The Hall–Kier alpha value is -0.710. The van der Waals surface area contributed by atoms with Gasteiger partial charge in [-0.3, -0.25) is 9.69 Å². The molecule has 5 heteroatoms. The number of hydrogen-bond donors (Lipinski definition) is 0. The molecule has 0 aromatic carbocycles. The van der Waals surface area contributed by atoms with Crippen molar-refractivity contribution in [1.82, 2.24) is 9.80 Å². The van der Waals surface area contributed by atoms with Crippen LogP contribution in [-0.4, -0.2) is 53.9 Å². The predicted octanol–water partition coefficient (Wildman–Crippen LogP) is 1.97. The van der Waals surface area contributed by atoms with Crippen molar-refractivity contribution >= 4 is 5.91 Å². The minimum Gasteiger partial charge on any atom is -0.339 e. The van der Waals surface area contributed by atoms with Gasteiger partial charge in [0.2, 0.25) is 5.91 Å². The van der Waals surface area contributed by atoms with E-state index >= 15 is 0 Å². The molecule has 0 bridgehead atoms. The number of hydrogen-bond acceptors (Lipinski definition) is 2. The van der Waals surface area contributed by atoms with E-state index in [-0.39, 0.29) is 30.3 Å². The van der Waals surface area contributed by atoms with E-state index < -0.39 is 5.92 Å². The second-order valence-corrected chi connectivity index (χ2v) is 6.54. The highest BCUT2D eigenvalue weighted by Gasteiger charge is 2.43. The van der Waals surface area contributed by atoms with Crippen LogP contribution in [0.25, 0.3) is 0 Å². The van der Waals surface area contributed by atoms with Crippen LogP contribution in [0.4, 0.5) is 8.78 Å². The topological polar surface area (TPSA) is 23.6 Å². The van der Waals surface area contributed by atoms with Crippen LogP contribution in [0.15, 0.2) is 0 Å². The Bertz CT molecular complexity index is 332.